The van der Waals surface area contributed by atoms with Crippen LogP contribution in [0.4, 0.5) is 5.69 Å². The molecule has 2 aromatic heterocycles. The van der Waals surface area contributed by atoms with E-state index in [2.05, 4.69) is 25.2 Å². The molecule has 9 heteroatoms. The Morgan fingerprint density at radius 1 is 1.40 bits per heavy atom. The van der Waals surface area contributed by atoms with Crippen molar-refractivity contribution < 1.29 is 12.9 Å². The van der Waals surface area contributed by atoms with Crippen molar-refractivity contribution in [3.8, 4) is 0 Å². The molecule has 0 saturated heterocycles. The maximum atomic E-state index is 12.1. The summed E-state index contributed by atoms with van der Waals surface area (Å²) in [6.45, 7) is 1.84. The summed E-state index contributed by atoms with van der Waals surface area (Å²) < 4.78 is 31.5. The molecule has 8 nitrogen and oxygen atoms in total. The molecule has 0 aliphatic rings. The summed E-state index contributed by atoms with van der Waals surface area (Å²) in [5, 5.41) is 6.45. The molecular formula is C11H15N5O3S. The Kier molecular flexibility index (Phi) is 4.30. The summed E-state index contributed by atoms with van der Waals surface area (Å²) in [6.07, 6.45) is 1.77. The molecule has 0 aliphatic heterocycles. The van der Waals surface area contributed by atoms with Crippen molar-refractivity contribution in [1.29, 1.82) is 0 Å². The van der Waals surface area contributed by atoms with Crippen molar-refractivity contribution in [2.24, 2.45) is 0 Å². The Bertz CT molecular complexity index is 683. The van der Waals surface area contributed by atoms with Crippen LogP contribution in [0.1, 0.15) is 11.7 Å². The second kappa shape index (κ2) is 5.97. The summed E-state index contributed by atoms with van der Waals surface area (Å²) in [7, 11) is -2.04. The van der Waals surface area contributed by atoms with Crippen LogP contribution in [0, 0.1) is 6.92 Å². The van der Waals surface area contributed by atoms with E-state index >= 15 is 0 Å². The molecule has 0 aliphatic carbocycles. The number of aryl methyl sites for hydroxylation is 1. The van der Waals surface area contributed by atoms with Gasteiger partial charge >= 0.3 is 0 Å². The lowest BCUT2D eigenvalue weighted by atomic mass is 10.4. The molecule has 0 amide bonds. The molecule has 0 atom stereocenters. The Balaban J connectivity index is 2.04. The maximum absolute atomic E-state index is 12.1. The van der Waals surface area contributed by atoms with Gasteiger partial charge in [0.15, 0.2) is 10.9 Å². The number of hydrogen-bond donors (Lipinski definition) is 2. The molecule has 0 aromatic carbocycles. The molecule has 2 aromatic rings. The van der Waals surface area contributed by atoms with Gasteiger partial charge in [-0.2, -0.15) is 4.98 Å². The number of pyridine rings is 1. The average molecular weight is 297 g/mol. The van der Waals surface area contributed by atoms with Gasteiger partial charge in [0.2, 0.25) is 5.89 Å². The van der Waals surface area contributed by atoms with Crippen molar-refractivity contribution in [1.82, 2.24) is 19.8 Å². The lowest BCUT2D eigenvalue weighted by molar-refractivity contribution is 0.387. The highest BCUT2D eigenvalue weighted by Gasteiger charge is 2.19. The molecule has 0 bridgehead atoms. The number of rotatable bonds is 6. The van der Waals surface area contributed by atoms with Crippen LogP contribution in [-0.4, -0.2) is 37.1 Å². The van der Waals surface area contributed by atoms with E-state index in [1.54, 1.807) is 26.1 Å². The van der Waals surface area contributed by atoms with Gasteiger partial charge in [0.25, 0.3) is 10.0 Å². The Hall–Kier alpha value is -2.00. The van der Waals surface area contributed by atoms with Crippen LogP contribution in [0.2, 0.25) is 0 Å². The van der Waals surface area contributed by atoms with Gasteiger partial charge in [0.05, 0.1) is 5.69 Å². The normalized spacial score (nSPS) is 11.5. The van der Waals surface area contributed by atoms with E-state index in [-0.39, 0.29) is 11.6 Å². The molecule has 0 saturated carbocycles. The third-order valence-corrected chi connectivity index (χ3v) is 3.92. The van der Waals surface area contributed by atoms with Gasteiger partial charge in [-0.05, 0) is 12.1 Å². The van der Waals surface area contributed by atoms with Crippen molar-refractivity contribution in [2.45, 2.75) is 18.4 Å². The predicted molar refractivity (Wildman–Crippen MR) is 71.7 cm³/mol. The average Bonchev–Trinajstić information content (AvgIpc) is 2.84. The molecule has 0 spiro atoms. The molecule has 20 heavy (non-hydrogen) atoms. The second-order valence-corrected chi connectivity index (χ2v) is 5.67. The number of aromatic nitrogens is 3. The Labute approximate surface area is 116 Å². The third-order valence-electron chi connectivity index (χ3n) is 2.51. The van der Waals surface area contributed by atoms with Gasteiger partial charge in [0, 0.05) is 33.1 Å². The van der Waals surface area contributed by atoms with Gasteiger partial charge in [-0.25, -0.2) is 18.1 Å². The second-order valence-electron chi connectivity index (χ2n) is 3.98. The van der Waals surface area contributed by atoms with Crippen LogP contribution in [-0.2, 0) is 16.4 Å². The zero-order valence-corrected chi connectivity index (χ0v) is 11.9. The highest BCUT2D eigenvalue weighted by atomic mass is 32.2. The fraction of sp³-hybridized carbons (Fsp3) is 0.364. The van der Waals surface area contributed by atoms with E-state index in [4.69, 9.17) is 4.52 Å². The lowest BCUT2D eigenvalue weighted by Gasteiger charge is -2.09. The highest BCUT2D eigenvalue weighted by Crippen LogP contribution is 2.16. The molecule has 2 rings (SSSR count). The number of sulfonamides is 1. The fourth-order valence-electron chi connectivity index (χ4n) is 1.60. The van der Waals surface area contributed by atoms with Gasteiger partial charge in [-0.3, -0.25) is 0 Å². The van der Waals surface area contributed by atoms with E-state index in [1.165, 1.54) is 6.20 Å². The van der Waals surface area contributed by atoms with E-state index in [0.29, 0.717) is 23.8 Å². The van der Waals surface area contributed by atoms with E-state index in [9.17, 15) is 8.42 Å². The lowest BCUT2D eigenvalue weighted by Crippen LogP contribution is -2.27. The molecule has 0 radical (unpaired) electrons. The molecular weight excluding hydrogens is 282 g/mol. The predicted octanol–water partition coefficient (Wildman–Crippen LogP) is 0.336. The smallest absolute Gasteiger partial charge is 0.260 e. The van der Waals surface area contributed by atoms with Crippen LogP contribution in [0.3, 0.4) is 0 Å². The minimum atomic E-state index is -3.68. The van der Waals surface area contributed by atoms with E-state index in [1.807, 2.05) is 0 Å². The first-order valence-corrected chi connectivity index (χ1v) is 7.43. The van der Waals surface area contributed by atoms with Gasteiger partial charge in [0.1, 0.15) is 0 Å². The largest absolute Gasteiger partial charge is 0.386 e. The summed E-state index contributed by atoms with van der Waals surface area (Å²) in [5.41, 5.74) is 0.440. The first-order chi connectivity index (χ1) is 9.53. The fourth-order valence-corrected chi connectivity index (χ4v) is 2.77. The van der Waals surface area contributed by atoms with Crippen LogP contribution in [0.25, 0.3) is 0 Å². The zero-order valence-electron chi connectivity index (χ0n) is 11.1. The zero-order chi connectivity index (χ0) is 14.6. The topological polar surface area (TPSA) is 110 Å². The van der Waals surface area contributed by atoms with Gasteiger partial charge in [-0.15, -0.1) is 0 Å². The molecule has 0 fully saturated rings. The number of nitrogens with one attached hydrogen (secondary N) is 2. The van der Waals surface area contributed by atoms with Crippen LogP contribution >= 0.6 is 0 Å². The minimum absolute atomic E-state index is 0.0354. The van der Waals surface area contributed by atoms with Crippen molar-refractivity contribution >= 4 is 15.7 Å². The maximum Gasteiger partial charge on any atom is 0.260 e. The Morgan fingerprint density at radius 2 is 2.20 bits per heavy atom. The first kappa shape index (κ1) is 14.4. The van der Waals surface area contributed by atoms with Crippen molar-refractivity contribution in [3.05, 3.63) is 30.0 Å². The van der Waals surface area contributed by atoms with Gasteiger partial charge < -0.3 is 9.84 Å². The summed E-state index contributed by atoms with van der Waals surface area (Å²) in [5.74, 6) is 0.908. The minimum Gasteiger partial charge on any atom is -0.386 e. The number of anilines is 1. The van der Waals surface area contributed by atoms with Crippen LogP contribution < -0.4 is 10.0 Å². The number of hydrogen-bond acceptors (Lipinski definition) is 7. The SMILES string of the molecule is CNc1cccnc1S(=O)(=O)NCCc1noc(C)n1. The van der Waals surface area contributed by atoms with Crippen LogP contribution in [0.15, 0.2) is 27.9 Å². The molecule has 108 valence electrons. The van der Waals surface area contributed by atoms with Gasteiger partial charge in [-0.1, -0.05) is 5.16 Å². The molecule has 0 unspecified atom stereocenters. The quantitative estimate of drug-likeness (QED) is 0.790. The summed E-state index contributed by atoms with van der Waals surface area (Å²) in [6, 6.07) is 3.30. The van der Waals surface area contributed by atoms with Crippen LogP contribution in [0.5, 0.6) is 0 Å². The number of nitrogens with zero attached hydrogens (tertiary/aromatic N) is 3. The standard InChI is InChI=1S/C11H15N5O3S/c1-8-15-10(16-19-8)5-7-14-20(17,18)11-9(12-2)4-3-6-13-11/h3-4,6,12,14H,5,7H2,1-2H3. The third kappa shape index (κ3) is 3.31. The van der Waals surface area contributed by atoms with Crippen molar-refractivity contribution in [2.75, 3.05) is 18.9 Å². The van der Waals surface area contributed by atoms with E-state index in [0.717, 1.165) is 0 Å². The Morgan fingerprint density at radius 3 is 2.85 bits per heavy atom. The summed E-state index contributed by atoms with van der Waals surface area (Å²) in [4.78, 5) is 7.88. The highest BCUT2D eigenvalue weighted by molar-refractivity contribution is 7.89. The first-order valence-electron chi connectivity index (χ1n) is 5.94. The van der Waals surface area contributed by atoms with Crippen molar-refractivity contribution in [3.63, 3.8) is 0 Å². The van der Waals surface area contributed by atoms with E-state index < -0.39 is 10.0 Å². The molecule has 2 heterocycles. The molecule has 2 N–H and O–H groups in total. The monoisotopic (exact) mass is 297 g/mol. The summed E-state index contributed by atoms with van der Waals surface area (Å²) >= 11 is 0.